The molecule has 2 fully saturated rings. The summed E-state index contributed by atoms with van der Waals surface area (Å²) in [4.78, 5) is 28.2. The van der Waals surface area contributed by atoms with E-state index in [4.69, 9.17) is 20.4 Å². The van der Waals surface area contributed by atoms with Crippen LogP contribution in [0, 0.1) is 5.41 Å². The largest absolute Gasteiger partial charge is 0.383 e. The normalized spacial score (nSPS) is 16.0. The summed E-state index contributed by atoms with van der Waals surface area (Å²) in [5.41, 5.74) is 9.62. The van der Waals surface area contributed by atoms with Crippen LogP contribution >= 0.6 is 0 Å². The number of carbonyl (C=O) groups excluding carboxylic acids is 1. The number of nitrogen functional groups attached to an aromatic ring is 1. The maximum absolute atomic E-state index is 11.9. The zero-order valence-corrected chi connectivity index (χ0v) is 21.0. The van der Waals surface area contributed by atoms with Crippen molar-refractivity contribution in [1.29, 1.82) is 0 Å². The number of hydrogen-bond donors (Lipinski definition) is 2. The standard InChI is InChI=1S/C22H24N6O.C5H12O/c1-24-20(29)15-4-2-3-14(13-15)17-6-5-16-18(23)26-21(27-19(16)25-17)28-11-9-22(7-8-22)10-12-28;1-3-5-6-4-2/h2-6,13H,7-12H2,1H3,(H,24,29)(H2,23,25,26,27);3-5H2,1-2H3. The molecule has 3 N–H and O–H groups in total. The predicted octanol–water partition coefficient (Wildman–Crippen LogP) is 4.45. The second-order valence-corrected chi connectivity index (χ2v) is 9.32. The van der Waals surface area contributed by atoms with Crippen LogP contribution < -0.4 is 16.0 Å². The first-order valence-corrected chi connectivity index (χ1v) is 12.6. The Morgan fingerprint density at radius 3 is 2.49 bits per heavy atom. The van der Waals surface area contributed by atoms with E-state index in [1.165, 1.54) is 25.7 Å². The first-order chi connectivity index (χ1) is 17.0. The van der Waals surface area contributed by atoms with Crippen molar-refractivity contribution in [3.05, 3.63) is 42.0 Å². The number of hydrogen-bond acceptors (Lipinski definition) is 7. The second-order valence-electron chi connectivity index (χ2n) is 9.32. The van der Waals surface area contributed by atoms with Gasteiger partial charge < -0.3 is 20.7 Å². The van der Waals surface area contributed by atoms with Crippen LogP contribution in [0.25, 0.3) is 22.3 Å². The molecule has 0 bridgehead atoms. The van der Waals surface area contributed by atoms with Gasteiger partial charge in [-0.25, -0.2) is 4.98 Å². The maximum atomic E-state index is 11.9. The molecule has 8 heteroatoms. The second kappa shape index (κ2) is 11.0. The topological polar surface area (TPSA) is 106 Å². The number of amides is 1. The van der Waals surface area contributed by atoms with E-state index in [0.29, 0.717) is 28.4 Å². The number of anilines is 2. The van der Waals surface area contributed by atoms with Gasteiger partial charge in [0.25, 0.3) is 5.91 Å². The molecular weight excluding hydrogens is 440 g/mol. The van der Waals surface area contributed by atoms with E-state index in [0.717, 1.165) is 49.4 Å². The molecule has 1 spiro atoms. The lowest BCUT2D eigenvalue weighted by Gasteiger charge is -2.32. The van der Waals surface area contributed by atoms with Crippen molar-refractivity contribution in [2.45, 2.75) is 46.0 Å². The summed E-state index contributed by atoms with van der Waals surface area (Å²) in [6, 6.07) is 11.2. The summed E-state index contributed by atoms with van der Waals surface area (Å²) >= 11 is 0. The molecule has 1 aromatic carbocycles. The van der Waals surface area contributed by atoms with E-state index in [2.05, 4.69) is 22.1 Å². The number of nitrogens with two attached hydrogens (primary N) is 1. The molecule has 1 amide bonds. The van der Waals surface area contributed by atoms with Crippen molar-refractivity contribution in [1.82, 2.24) is 20.3 Å². The van der Waals surface area contributed by atoms with Crippen LogP contribution in [0.15, 0.2) is 36.4 Å². The first kappa shape index (κ1) is 24.9. The number of nitrogens with one attached hydrogen (secondary N) is 1. The average Bonchev–Trinajstić information content (AvgIpc) is 3.66. The van der Waals surface area contributed by atoms with Gasteiger partial charge in [-0.1, -0.05) is 19.1 Å². The van der Waals surface area contributed by atoms with Gasteiger partial charge in [-0.05, 0) is 68.7 Å². The molecule has 3 aromatic rings. The molecule has 8 nitrogen and oxygen atoms in total. The van der Waals surface area contributed by atoms with Gasteiger partial charge in [0.2, 0.25) is 5.95 Å². The number of carbonyl (C=O) groups is 1. The Balaban J connectivity index is 0.000000431. The van der Waals surface area contributed by atoms with E-state index >= 15 is 0 Å². The molecule has 2 aromatic heterocycles. The third-order valence-electron chi connectivity index (χ3n) is 6.84. The minimum Gasteiger partial charge on any atom is -0.383 e. The van der Waals surface area contributed by atoms with E-state index in [1.807, 2.05) is 37.3 Å². The summed E-state index contributed by atoms with van der Waals surface area (Å²) in [5.74, 6) is 0.990. The Morgan fingerprint density at radius 1 is 1.09 bits per heavy atom. The van der Waals surface area contributed by atoms with Crippen molar-refractivity contribution in [2.24, 2.45) is 5.41 Å². The summed E-state index contributed by atoms with van der Waals surface area (Å²) in [7, 11) is 1.62. The van der Waals surface area contributed by atoms with Crippen molar-refractivity contribution < 1.29 is 9.53 Å². The zero-order chi connectivity index (χ0) is 24.8. The third kappa shape index (κ3) is 5.88. The van der Waals surface area contributed by atoms with Gasteiger partial charge in [0.15, 0.2) is 5.65 Å². The fourth-order valence-corrected chi connectivity index (χ4v) is 4.43. The summed E-state index contributed by atoms with van der Waals surface area (Å²) in [6.07, 6.45) is 6.26. The number of rotatable bonds is 6. The number of benzene rings is 1. The van der Waals surface area contributed by atoms with Gasteiger partial charge in [0, 0.05) is 44.5 Å². The van der Waals surface area contributed by atoms with Crippen molar-refractivity contribution in [3.63, 3.8) is 0 Å². The van der Waals surface area contributed by atoms with Crippen molar-refractivity contribution in [3.8, 4) is 11.3 Å². The lowest BCUT2D eigenvalue weighted by atomic mass is 9.94. The quantitative estimate of drug-likeness (QED) is 0.506. The monoisotopic (exact) mass is 476 g/mol. The van der Waals surface area contributed by atoms with Crippen LogP contribution in [0.5, 0.6) is 0 Å². The number of nitrogens with zero attached hydrogens (tertiary/aromatic N) is 4. The van der Waals surface area contributed by atoms with E-state index in [9.17, 15) is 4.79 Å². The van der Waals surface area contributed by atoms with Gasteiger partial charge in [-0.3, -0.25) is 4.79 Å². The van der Waals surface area contributed by atoms with Crippen LogP contribution in [-0.2, 0) is 4.74 Å². The smallest absolute Gasteiger partial charge is 0.251 e. The number of aromatic nitrogens is 3. The molecule has 186 valence electrons. The fourth-order valence-electron chi connectivity index (χ4n) is 4.43. The van der Waals surface area contributed by atoms with Gasteiger partial charge in [0.1, 0.15) is 5.82 Å². The fraction of sp³-hybridized carbons (Fsp3) is 0.481. The van der Waals surface area contributed by atoms with E-state index in [-0.39, 0.29) is 5.91 Å². The highest BCUT2D eigenvalue weighted by molar-refractivity contribution is 5.95. The minimum absolute atomic E-state index is 0.125. The van der Waals surface area contributed by atoms with Crippen LogP contribution in [0.2, 0.25) is 0 Å². The van der Waals surface area contributed by atoms with Gasteiger partial charge in [-0.2, -0.15) is 9.97 Å². The lowest BCUT2D eigenvalue weighted by molar-refractivity contribution is 0.0963. The van der Waals surface area contributed by atoms with Crippen LogP contribution in [0.1, 0.15) is 56.3 Å². The molecule has 1 saturated heterocycles. The summed E-state index contributed by atoms with van der Waals surface area (Å²) < 4.78 is 4.98. The lowest BCUT2D eigenvalue weighted by Crippen LogP contribution is -2.35. The van der Waals surface area contributed by atoms with Gasteiger partial charge in [0.05, 0.1) is 11.1 Å². The maximum Gasteiger partial charge on any atom is 0.251 e. The summed E-state index contributed by atoms with van der Waals surface area (Å²) in [6.45, 7) is 7.83. The number of fused-ring (bicyclic) bond motifs is 1. The molecule has 0 radical (unpaired) electrons. The Morgan fingerprint density at radius 2 is 1.86 bits per heavy atom. The molecule has 3 heterocycles. The first-order valence-electron chi connectivity index (χ1n) is 12.6. The molecule has 0 unspecified atom stereocenters. The predicted molar refractivity (Wildman–Crippen MR) is 140 cm³/mol. The van der Waals surface area contributed by atoms with E-state index < -0.39 is 0 Å². The molecule has 1 saturated carbocycles. The van der Waals surface area contributed by atoms with Gasteiger partial charge in [-0.15, -0.1) is 0 Å². The SMILES string of the molecule is CCCOCC.CNC(=O)c1cccc(-c2ccc3c(N)nc(N4CCC5(CC4)CC5)nc3n2)c1. The van der Waals surface area contributed by atoms with Gasteiger partial charge >= 0.3 is 0 Å². The Labute approximate surface area is 207 Å². The van der Waals surface area contributed by atoms with Crippen LogP contribution in [0.3, 0.4) is 0 Å². The Hall–Kier alpha value is -3.26. The molecule has 35 heavy (non-hydrogen) atoms. The van der Waals surface area contributed by atoms with Crippen LogP contribution in [0.4, 0.5) is 11.8 Å². The van der Waals surface area contributed by atoms with E-state index in [1.54, 1.807) is 13.1 Å². The number of piperidine rings is 1. The van der Waals surface area contributed by atoms with Crippen molar-refractivity contribution >= 4 is 28.7 Å². The molecule has 2 aliphatic rings. The molecule has 0 atom stereocenters. The number of pyridine rings is 1. The molecule has 5 rings (SSSR count). The molecule has 1 aliphatic heterocycles. The highest BCUT2D eigenvalue weighted by Crippen LogP contribution is 2.53. The molecular formula is C27H36N6O2. The zero-order valence-electron chi connectivity index (χ0n) is 21.0. The Kier molecular flexibility index (Phi) is 7.80. The Bertz CT molecular complexity index is 1160. The summed E-state index contributed by atoms with van der Waals surface area (Å²) in [5, 5.41) is 3.39. The average molecular weight is 477 g/mol. The minimum atomic E-state index is -0.125. The highest BCUT2D eigenvalue weighted by atomic mass is 16.5. The molecule has 1 aliphatic carbocycles. The van der Waals surface area contributed by atoms with Crippen LogP contribution in [-0.4, -0.2) is 54.2 Å². The number of ether oxygens (including phenoxy) is 1. The van der Waals surface area contributed by atoms with Crippen molar-refractivity contribution in [2.75, 3.05) is 44.0 Å². The third-order valence-corrected chi connectivity index (χ3v) is 6.84. The highest BCUT2D eigenvalue weighted by Gasteiger charge is 2.44.